The smallest absolute Gasteiger partial charge is 0.164 e. The molecule has 0 fully saturated rings. The van der Waals surface area contributed by atoms with Crippen LogP contribution in [-0.2, 0) is 0 Å². The zero-order valence-corrected chi connectivity index (χ0v) is 28.1. The van der Waals surface area contributed by atoms with Crippen LogP contribution < -0.4 is 0 Å². The Labute approximate surface area is 302 Å². The van der Waals surface area contributed by atoms with E-state index < -0.39 is 0 Å². The second-order valence-electron chi connectivity index (χ2n) is 13.2. The number of hydrogen-bond acceptors (Lipinski definition) is 5. The topological polar surface area (TPSA) is 80.8 Å². The van der Waals surface area contributed by atoms with Crippen molar-refractivity contribution in [3.05, 3.63) is 163 Å². The van der Waals surface area contributed by atoms with E-state index in [9.17, 15) is 5.26 Å². The Morgan fingerprint density at radius 3 is 1.75 bits per heavy atom. The van der Waals surface area contributed by atoms with E-state index in [1.807, 2.05) is 97.1 Å². The maximum absolute atomic E-state index is 10.5. The summed E-state index contributed by atoms with van der Waals surface area (Å²) in [5.41, 5.74) is 10.1. The van der Waals surface area contributed by atoms with Crippen LogP contribution in [0.2, 0.25) is 0 Å². The van der Waals surface area contributed by atoms with Crippen molar-refractivity contribution in [1.82, 2.24) is 14.5 Å². The average Bonchev–Trinajstić information content (AvgIpc) is 3.91. The van der Waals surface area contributed by atoms with Gasteiger partial charge in [0.05, 0.1) is 39.1 Å². The highest BCUT2D eigenvalue weighted by Crippen LogP contribution is 2.45. The molecule has 0 unspecified atom stereocenters. The number of hydrogen-bond donors (Lipinski definition) is 0. The third-order valence-corrected chi connectivity index (χ3v) is 10.3. The van der Waals surface area contributed by atoms with Gasteiger partial charge in [-0.1, -0.05) is 121 Å². The van der Waals surface area contributed by atoms with E-state index in [2.05, 4.69) is 71.3 Å². The van der Waals surface area contributed by atoms with E-state index in [1.165, 1.54) is 0 Å². The first-order valence-electron chi connectivity index (χ1n) is 17.5. The Morgan fingerprint density at radius 1 is 0.491 bits per heavy atom. The van der Waals surface area contributed by atoms with Crippen LogP contribution in [0.15, 0.2) is 167 Å². The predicted octanol–water partition coefficient (Wildman–Crippen LogP) is 12.2. The molecule has 4 aromatic heterocycles. The fraction of sp³-hybridized carbons (Fsp3) is 0. The molecule has 0 saturated heterocycles. The first-order chi connectivity index (χ1) is 26.3. The summed E-state index contributed by atoms with van der Waals surface area (Å²) < 4.78 is 15.8. The lowest BCUT2D eigenvalue weighted by atomic mass is 9.99. The number of aromatic nitrogens is 3. The second-order valence-corrected chi connectivity index (χ2v) is 13.2. The first kappa shape index (κ1) is 29.3. The van der Waals surface area contributed by atoms with Crippen molar-refractivity contribution in [2.24, 2.45) is 0 Å². The van der Waals surface area contributed by atoms with E-state index >= 15 is 0 Å². The van der Waals surface area contributed by atoms with Crippen molar-refractivity contribution in [2.75, 3.05) is 0 Å². The zero-order valence-electron chi connectivity index (χ0n) is 28.1. The molecule has 0 bridgehead atoms. The highest BCUT2D eigenvalue weighted by Gasteiger charge is 2.25. The van der Waals surface area contributed by atoms with Crippen LogP contribution in [0, 0.1) is 11.3 Å². The molecule has 53 heavy (non-hydrogen) atoms. The van der Waals surface area contributed by atoms with Crippen molar-refractivity contribution >= 4 is 65.7 Å². The summed E-state index contributed by atoms with van der Waals surface area (Å²) in [6.07, 6.45) is 0. The number of fused-ring (bicyclic) bond motifs is 10. The summed E-state index contributed by atoms with van der Waals surface area (Å²) in [5, 5.41) is 16.8. The van der Waals surface area contributed by atoms with Gasteiger partial charge in [-0.3, -0.25) is 0 Å². The van der Waals surface area contributed by atoms with E-state index in [-0.39, 0.29) is 0 Å². The molecule has 11 aromatic rings. The number of para-hydroxylation sites is 3. The van der Waals surface area contributed by atoms with Gasteiger partial charge in [0.15, 0.2) is 11.4 Å². The highest BCUT2D eigenvalue weighted by atomic mass is 16.3. The normalized spacial score (nSPS) is 11.8. The van der Waals surface area contributed by atoms with Crippen molar-refractivity contribution < 1.29 is 8.83 Å². The highest BCUT2D eigenvalue weighted by molar-refractivity contribution is 6.23. The molecule has 0 aliphatic carbocycles. The number of nitrogens with zero attached hydrogens (tertiary/aromatic N) is 4. The van der Waals surface area contributed by atoms with E-state index in [4.69, 9.17) is 18.8 Å². The van der Waals surface area contributed by atoms with Crippen LogP contribution in [0.3, 0.4) is 0 Å². The minimum atomic E-state index is 0.420. The molecule has 246 valence electrons. The van der Waals surface area contributed by atoms with Gasteiger partial charge in [0, 0.05) is 38.1 Å². The summed E-state index contributed by atoms with van der Waals surface area (Å²) in [7, 11) is 0. The van der Waals surface area contributed by atoms with E-state index in [1.54, 1.807) is 0 Å². The molecular weight excluding hydrogens is 653 g/mol. The van der Waals surface area contributed by atoms with Gasteiger partial charge < -0.3 is 13.4 Å². The third kappa shape index (κ3) is 4.25. The summed E-state index contributed by atoms with van der Waals surface area (Å²) in [6.45, 7) is 0. The molecule has 6 nitrogen and oxygen atoms in total. The van der Waals surface area contributed by atoms with Crippen LogP contribution in [-0.4, -0.2) is 14.5 Å². The molecule has 6 heteroatoms. The van der Waals surface area contributed by atoms with Crippen molar-refractivity contribution in [2.45, 2.75) is 0 Å². The average molecular weight is 679 g/mol. The second kappa shape index (κ2) is 11.3. The molecule has 0 aliphatic heterocycles. The molecule has 0 amide bonds. The molecule has 0 saturated carbocycles. The number of rotatable bonds is 4. The van der Waals surface area contributed by atoms with Crippen LogP contribution >= 0.6 is 0 Å². The van der Waals surface area contributed by atoms with Crippen LogP contribution in [0.25, 0.3) is 105 Å². The molecule has 7 aromatic carbocycles. The molecule has 11 rings (SSSR count). The predicted molar refractivity (Wildman–Crippen MR) is 212 cm³/mol. The van der Waals surface area contributed by atoms with Crippen LogP contribution in [0.1, 0.15) is 5.56 Å². The van der Waals surface area contributed by atoms with Gasteiger partial charge >= 0.3 is 0 Å². The zero-order chi connectivity index (χ0) is 35.0. The molecule has 0 spiro atoms. The number of furan rings is 2. The Morgan fingerprint density at radius 2 is 1.06 bits per heavy atom. The minimum absolute atomic E-state index is 0.420. The Bertz CT molecular complexity index is 3230. The van der Waals surface area contributed by atoms with Gasteiger partial charge in [0.2, 0.25) is 0 Å². The third-order valence-electron chi connectivity index (χ3n) is 10.3. The van der Waals surface area contributed by atoms with Gasteiger partial charge in [-0.25, -0.2) is 9.97 Å². The molecular formula is C47H26N4O2. The molecule has 0 radical (unpaired) electrons. The fourth-order valence-corrected chi connectivity index (χ4v) is 7.95. The van der Waals surface area contributed by atoms with E-state index in [0.717, 1.165) is 82.5 Å². The van der Waals surface area contributed by atoms with E-state index in [0.29, 0.717) is 28.4 Å². The van der Waals surface area contributed by atoms with Gasteiger partial charge in [0.25, 0.3) is 0 Å². The monoisotopic (exact) mass is 678 g/mol. The Hall–Kier alpha value is -7.49. The standard InChI is InChI=1S/C47H26N4O2/c48-27-36-42(28-13-3-1-4-14-28)49-47(50-43(36)29-15-5-2-6-16-29)35-25-26-38(41-34-19-9-12-22-40(34)52-45(35)41)51-37-20-10-7-17-30(37)32-23-24-33-31-18-8-11-21-39(31)53-46(33)44(32)51/h1-26H. The van der Waals surface area contributed by atoms with Gasteiger partial charge in [-0.05, 0) is 36.4 Å². The lowest BCUT2D eigenvalue weighted by Gasteiger charge is -2.14. The van der Waals surface area contributed by atoms with Crippen LogP contribution in [0.5, 0.6) is 0 Å². The molecule has 0 N–H and O–H groups in total. The maximum atomic E-state index is 10.5. The SMILES string of the molecule is N#Cc1c(-c2ccccc2)nc(-c2ccc(-n3c4ccccc4c4ccc5c6ccccc6oc5c43)c3c2oc2ccccc23)nc1-c1ccccc1. The number of benzene rings is 7. The van der Waals surface area contributed by atoms with Crippen molar-refractivity contribution in [3.8, 4) is 45.7 Å². The van der Waals surface area contributed by atoms with Gasteiger partial charge in [-0.2, -0.15) is 5.26 Å². The molecule has 0 aliphatic rings. The minimum Gasteiger partial charge on any atom is -0.455 e. The quantitative estimate of drug-likeness (QED) is 0.185. The van der Waals surface area contributed by atoms with Crippen molar-refractivity contribution in [3.63, 3.8) is 0 Å². The van der Waals surface area contributed by atoms with Crippen molar-refractivity contribution in [1.29, 1.82) is 5.26 Å². The summed E-state index contributed by atoms with van der Waals surface area (Å²) in [5.74, 6) is 0.471. The Balaban J connectivity index is 1.27. The summed E-state index contributed by atoms with van der Waals surface area (Å²) >= 11 is 0. The fourth-order valence-electron chi connectivity index (χ4n) is 7.95. The summed E-state index contributed by atoms with van der Waals surface area (Å²) in [4.78, 5) is 10.3. The number of nitriles is 1. The Kier molecular flexibility index (Phi) is 6.22. The molecule has 0 atom stereocenters. The molecule has 4 heterocycles. The first-order valence-corrected chi connectivity index (χ1v) is 17.5. The maximum Gasteiger partial charge on any atom is 0.164 e. The largest absolute Gasteiger partial charge is 0.455 e. The van der Waals surface area contributed by atoms with Gasteiger partial charge in [0.1, 0.15) is 28.4 Å². The van der Waals surface area contributed by atoms with Gasteiger partial charge in [-0.15, -0.1) is 0 Å². The summed E-state index contributed by atoms with van der Waals surface area (Å²) in [6, 6.07) is 55.4. The lowest BCUT2D eigenvalue weighted by molar-refractivity contribution is 0.669. The lowest BCUT2D eigenvalue weighted by Crippen LogP contribution is -2.02. The van der Waals surface area contributed by atoms with Crippen LogP contribution in [0.4, 0.5) is 0 Å².